The summed E-state index contributed by atoms with van der Waals surface area (Å²) in [6, 6.07) is 0. The molecule has 1 amide bonds. The third-order valence-corrected chi connectivity index (χ3v) is 4.69. The van der Waals surface area contributed by atoms with Gasteiger partial charge in [0.15, 0.2) is 5.82 Å². The fourth-order valence-corrected chi connectivity index (χ4v) is 3.34. The highest BCUT2D eigenvalue weighted by Gasteiger charge is 2.24. The van der Waals surface area contributed by atoms with Gasteiger partial charge < -0.3 is 5.32 Å². The molecule has 0 radical (unpaired) electrons. The van der Waals surface area contributed by atoms with E-state index in [4.69, 9.17) is 0 Å². The molecular weight excluding hydrogens is 266 g/mol. The van der Waals surface area contributed by atoms with Gasteiger partial charge in [0.25, 0.3) is 0 Å². The molecule has 2 fully saturated rings. The van der Waals surface area contributed by atoms with Crippen LogP contribution in [-0.2, 0) is 11.8 Å². The van der Waals surface area contributed by atoms with Gasteiger partial charge in [-0.2, -0.15) is 10.1 Å². The Morgan fingerprint density at radius 3 is 2.62 bits per heavy atom. The number of anilines is 1. The van der Waals surface area contributed by atoms with Gasteiger partial charge in [0.05, 0.1) is 0 Å². The maximum absolute atomic E-state index is 12.3. The van der Waals surface area contributed by atoms with E-state index in [1.54, 1.807) is 4.68 Å². The first kappa shape index (κ1) is 14.5. The number of hydrogen-bond donors (Lipinski definition) is 2. The Bertz CT molecular complexity index is 486. The van der Waals surface area contributed by atoms with Gasteiger partial charge in [-0.3, -0.25) is 10.1 Å². The summed E-state index contributed by atoms with van der Waals surface area (Å²) in [5.74, 6) is 2.15. The number of rotatable bonds is 3. The molecule has 2 heterocycles. The second-order valence-electron chi connectivity index (χ2n) is 6.27. The van der Waals surface area contributed by atoms with Crippen molar-refractivity contribution in [3.05, 3.63) is 5.82 Å². The molecule has 0 unspecified atom stereocenters. The molecule has 1 aliphatic heterocycles. The van der Waals surface area contributed by atoms with Crippen LogP contribution in [-0.4, -0.2) is 33.8 Å². The predicted octanol–water partition coefficient (Wildman–Crippen LogP) is 1.80. The van der Waals surface area contributed by atoms with Crippen LogP contribution in [0.25, 0.3) is 0 Å². The van der Waals surface area contributed by atoms with Crippen molar-refractivity contribution in [2.24, 2.45) is 13.0 Å². The van der Waals surface area contributed by atoms with E-state index >= 15 is 0 Å². The zero-order valence-corrected chi connectivity index (χ0v) is 12.8. The van der Waals surface area contributed by atoms with Crippen molar-refractivity contribution in [3.63, 3.8) is 0 Å². The number of nitrogens with zero attached hydrogens (tertiary/aromatic N) is 3. The highest BCUT2D eigenvalue weighted by molar-refractivity contribution is 5.91. The molecule has 21 heavy (non-hydrogen) atoms. The van der Waals surface area contributed by atoms with Crippen molar-refractivity contribution in [1.29, 1.82) is 0 Å². The number of carbonyl (C=O) groups is 1. The molecule has 1 aromatic heterocycles. The molecular formula is C15H25N5O. The molecule has 6 nitrogen and oxygen atoms in total. The Balaban J connectivity index is 1.64. The van der Waals surface area contributed by atoms with Crippen LogP contribution in [0.3, 0.4) is 0 Å². The first-order valence-electron chi connectivity index (χ1n) is 8.16. The van der Waals surface area contributed by atoms with Gasteiger partial charge in [0.2, 0.25) is 11.9 Å². The van der Waals surface area contributed by atoms with Gasteiger partial charge in [0.1, 0.15) is 0 Å². The molecule has 2 aliphatic rings. The maximum Gasteiger partial charge on any atom is 0.229 e. The van der Waals surface area contributed by atoms with E-state index in [1.807, 2.05) is 7.05 Å². The minimum atomic E-state index is 0.113. The minimum absolute atomic E-state index is 0.113. The molecule has 2 N–H and O–H groups in total. The first-order chi connectivity index (χ1) is 10.2. The molecule has 0 spiro atoms. The molecule has 0 aromatic carbocycles. The lowest BCUT2D eigenvalue weighted by Crippen LogP contribution is -2.27. The Labute approximate surface area is 125 Å². The van der Waals surface area contributed by atoms with Crippen LogP contribution < -0.4 is 10.6 Å². The Hall–Kier alpha value is -1.43. The van der Waals surface area contributed by atoms with E-state index in [1.165, 1.54) is 6.42 Å². The van der Waals surface area contributed by atoms with E-state index in [-0.39, 0.29) is 11.8 Å². The fourth-order valence-electron chi connectivity index (χ4n) is 3.34. The summed E-state index contributed by atoms with van der Waals surface area (Å²) in [6.45, 7) is 2.04. The van der Waals surface area contributed by atoms with E-state index in [2.05, 4.69) is 20.7 Å². The van der Waals surface area contributed by atoms with Crippen LogP contribution in [0.1, 0.15) is 56.7 Å². The molecule has 0 bridgehead atoms. The smallest absolute Gasteiger partial charge is 0.229 e. The van der Waals surface area contributed by atoms with Crippen molar-refractivity contribution in [2.45, 2.75) is 50.9 Å². The van der Waals surface area contributed by atoms with Gasteiger partial charge in [-0.25, -0.2) is 4.68 Å². The lowest BCUT2D eigenvalue weighted by Gasteiger charge is -2.20. The Morgan fingerprint density at radius 1 is 1.19 bits per heavy atom. The number of aromatic nitrogens is 3. The molecule has 1 aliphatic carbocycles. The van der Waals surface area contributed by atoms with E-state index in [0.29, 0.717) is 11.9 Å². The number of piperidine rings is 1. The molecule has 1 aromatic rings. The van der Waals surface area contributed by atoms with E-state index in [0.717, 1.165) is 57.4 Å². The van der Waals surface area contributed by atoms with Crippen LogP contribution in [0.5, 0.6) is 0 Å². The summed E-state index contributed by atoms with van der Waals surface area (Å²) in [7, 11) is 1.86. The van der Waals surface area contributed by atoms with Crippen LogP contribution in [0.15, 0.2) is 0 Å². The molecule has 0 atom stereocenters. The average Bonchev–Trinajstić information content (AvgIpc) is 2.90. The number of aryl methyl sites for hydroxylation is 1. The standard InChI is InChI=1S/C15H25N5O/c1-20-15(18-14(21)12-5-3-2-4-6-12)17-13(19-20)11-7-9-16-10-8-11/h11-12,16H,2-10H2,1H3,(H,17,18,19,21). The SMILES string of the molecule is Cn1nc(C2CCNCC2)nc1NC(=O)C1CCCCC1. The number of hydrogen-bond acceptors (Lipinski definition) is 4. The monoisotopic (exact) mass is 291 g/mol. The number of carbonyl (C=O) groups excluding carboxylic acids is 1. The topological polar surface area (TPSA) is 71.8 Å². The summed E-state index contributed by atoms with van der Waals surface area (Å²) in [5, 5.41) is 10.8. The zero-order chi connectivity index (χ0) is 14.7. The fraction of sp³-hybridized carbons (Fsp3) is 0.800. The number of amides is 1. The van der Waals surface area contributed by atoms with Crippen molar-refractivity contribution in [3.8, 4) is 0 Å². The van der Waals surface area contributed by atoms with Gasteiger partial charge in [0, 0.05) is 18.9 Å². The van der Waals surface area contributed by atoms with Crippen LogP contribution in [0.2, 0.25) is 0 Å². The number of nitrogens with one attached hydrogen (secondary N) is 2. The molecule has 6 heteroatoms. The second-order valence-corrected chi connectivity index (χ2v) is 6.27. The maximum atomic E-state index is 12.3. The summed E-state index contributed by atoms with van der Waals surface area (Å²) in [5.41, 5.74) is 0. The Kier molecular flexibility index (Phi) is 4.53. The normalized spacial score (nSPS) is 21.4. The summed E-state index contributed by atoms with van der Waals surface area (Å²) >= 11 is 0. The van der Waals surface area contributed by atoms with E-state index in [9.17, 15) is 4.79 Å². The molecule has 3 rings (SSSR count). The second kappa shape index (κ2) is 6.56. The molecule has 1 saturated carbocycles. The average molecular weight is 291 g/mol. The van der Waals surface area contributed by atoms with Crippen molar-refractivity contribution >= 4 is 11.9 Å². The Morgan fingerprint density at radius 2 is 1.90 bits per heavy atom. The van der Waals surface area contributed by atoms with Crippen molar-refractivity contribution in [1.82, 2.24) is 20.1 Å². The largest absolute Gasteiger partial charge is 0.317 e. The van der Waals surface area contributed by atoms with E-state index < -0.39 is 0 Å². The van der Waals surface area contributed by atoms with Gasteiger partial charge in [-0.15, -0.1) is 0 Å². The van der Waals surface area contributed by atoms with Crippen LogP contribution in [0, 0.1) is 5.92 Å². The van der Waals surface area contributed by atoms with Gasteiger partial charge in [-0.05, 0) is 38.8 Å². The predicted molar refractivity (Wildman–Crippen MR) is 81.1 cm³/mol. The van der Waals surface area contributed by atoms with Gasteiger partial charge in [-0.1, -0.05) is 19.3 Å². The van der Waals surface area contributed by atoms with Crippen LogP contribution in [0.4, 0.5) is 5.95 Å². The van der Waals surface area contributed by atoms with Crippen molar-refractivity contribution in [2.75, 3.05) is 18.4 Å². The van der Waals surface area contributed by atoms with Gasteiger partial charge >= 0.3 is 0 Å². The molecule has 116 valence electrons. The third-order valence-electron chi connectivity index (χ3n) is 4.69. The summed E-state index contributed by atoms with van der Waals surface area (Å²) in [6.07, 6.45) is 7.73. The lowest BCUT2D eigenvalue weighted by molar-refractivity contribution is -0.120. The third kappa shape index (κ3) is 3.43. The van der Waals surface area contributed by atoms with Crippen molar-refractivity contribution < 1.29 is 4.79 Å². The minimum Gasteiger partial charge on any atom is -0.317 e. The highest BCUT2D eigenvalue weighted by atomic mass is 16.2. The highest BCUT2D eigenvalue weighted by Crippen LogP contribution is 2.26. The zero-order valence-electron chi connectivity index (χ0n) is 12.8. The van der Waals surface area contributed by atoms with Crippen LogP contribution >= 0.6 is 0 Å². The first-order valence-corrected chi connectivity index (χ1v) is 8.16. The molecule has 1 saturated heterocycles. The summed E-state index contributed by atoms with van der Waals surface area (Å²) in [4.78, 5) is 16.9. The quantitative estimate of drug-likeness (QED) is 0.891. The lowest BCUT2D eigenvalue weighted by atomic mass is 9.89. The summed E-state index contributed by atoms with van der Waals surface area (Å²) < 4.78 is 1.71.